The molecule has 0 spiro atoms. The number of hydrogen-bond acceptors (Lipinski definition) is 5. The van der Waals surface area contributed by atoms with Gasteiger partial charge in [0.2, 0.25) is 5.91 Å². The number of anilines is 1. The normalized spacial score (nSPS) is 10.1. The van der Waals surface area contributed by atoms with E-state index in [-0.39, 0.29) is 23.2 Å². The van der Waals surface area contributed by atoms with Gasteiger partial charge >= 0.3 is 5.97 Å². The van der Waals surface area contributed by atoms with Crippen molar-refractivity contribution in [2.24, 2.45) is 0 Å². The van der Waals surface area contributed by atoms with Gasteiger partial charge in [-0.2, -0.15) is 0 Å². The molecular weight excluding hydrogens is 284 g/mol. The minimum absolute atomic E-state index is 0.0938. The summed E-state index contributed by atoms with van der Waals surface area (Å²) in [7, 11) is 0. The molecule has 0 atom stereocenters. The molecule has 2 aromatic rings. The first-order valence-electron chi connectivity index (χ1n) is 5.31. The van der Waals surface area contributed by atoms with Crippen molar-refractivity contribution in [3.05, 3.63) is 41.4 Å². The Balaban J connectivity index is 1.91. The van der Waals surface area contributed by atoms with Crippen LogP contribution < -0.4 is 5.32 Å². The van der Waals surface area contributed by atoms with E-state index in [1.54, 1.807) is 23.5 Å². The van der Waals surface area contributed by atoms with Crippen LogP contribution in [0.25, 0.3) is 0 Å². The number of aromatic carboxylic acids is 1. The SMILES string of the molecule is O=C(CSc1cccs1)Nc1cccc(C(=O)O)n1. The molecule has 1 amide bonds. The topological polar surface area (TPSA) is 79.3 Å². The average molecular weight is 294 g/mol. The Morgan fingerprint density at radius 3 is 2.84 bits per heavy atom. The molecule has 0 saturated heterocycles. The summed E-state index contributed by atoms with van der Waals surface area (Å²) in [6.45, 7) is 0. The number of pyridine rings is 1. The van der Waals surface area contributed by atoms with E-state index in [4.69, 9.17) is 5.11 Å². The number of nitrogens with one attached hydrogen (secondary N) is 1. The highest BCUT2D eigenvalue weighted by Crippen LogP contribution is 2.23. The van der Waals surface area contributed by atoms with Crippen LogP contribution in [0, 0.1) is 0 Å². The Kier molecular flexibility index (Phi) is 4.53. The van der Waals surface area contributed by atoms with Crippen LogP contribution in [0.15, 0.2) is 39.9 Å². The highest BCUT2D eigenvalue weighted by Gasteiger charge is 2.08. The van der Waals surface area contributed by atoms with Gasteiger partial charge in [-0.25, -0.2) is 9.78 Å². The summed E-state index contributed by atoms with van der Waals surface area (Å²) in [6, 6.07) is 8.33. The molecule has 0 bridgehead atoms. The van der Waals surface area contributed by atoms with E-state index in [9.17, 15) is 9.59 Å². The zero-order valence-corrected chi connectivity index (χ0v) is 11.3. The molecule has 0 unspecified atom stereocenters. The molecule has 2 aromatic heterocycles. The van der Waals surface area contributed by atoms with E-state index in [0.717, 1.165) is 4.21 Å². The largest absolute Gasteiger partial charge is 0.477 e. The molecular formula is C12H10N2O3S2. The number of thiophene rings is 1. The van der Waals surface area contributed by atoms with Crippen LogP contribution in [0.3, 0.4) is 0 Å². The highest BCUT2D eigenvalue weighted by atomic mass is 32.2. The van der Waals surface area contributed by atoms with Gasteiger partial charge in [0, 0.05) is 0 Å². The molecule has 0 aliphatic heterocycles. The monoisotopic (exact) mass is 294 g/mol. The number of carbonyl (C=O) groups is 2. The molecule has 98 valence electrons. The van der Waals surface area contributed by atoms with Crippen LogP contribution in [0.5, 0.6) is 0 Å². The van der Waals surface area contributed by atoms with Gasteiger partial charge in [0.1, 0.15) is 5.82 Å². The van der Waals surface area contributed by atoms with E-state index < -0.39 is 5.97 Å². The fourth-order valence-corrected chi connectivity index (χ4v) is 2.87. The standard InChI is InChI=1S/C12H10N2O3S2/c15-10(7-19-11-5-2-6-18-11)14-9-4-1-3-8(13-9)12(16)17/h1-6H,7H2,(H,16,17)(H,13,14,15). The summed E-state index contributed by atoms with van der Waals surface area (Å²) in [5.74, 6) is -0.825. The Morgan fingerprint density at radius 1 is 1.32 bits per heavy atom. The molecule has 5 nitrogen and oxygen atoms in total. The third kappa shape index (κ3) is 4.08. The summed E-state index contributed by atoms with van der Waals surface area (Å²) >= 11 is 2.99. The predicted octanol–water partition coefficient (Wildman–Crippen LogP) is 2.57. The number of aromatic nitrogens is 1. The lowest BCUT2D eigenvalue weighted by molar-refractivity contribution is -0.113. The van der Waals surface area contributed by atoms with Crippen LogP contribution in [0.2, 0.25) is 0 Å². The number of hydrogen-bond donors (Lipinski definition) is 2. The molecule has 0 radical (unpaired) electrons. The summed E-state index contributed by atoms with van der Waals surface area (Å²) < 4.78 is 1.06. The molecule has 2 heterocycles. The summed E-state index contributed by atoms with van der Waals surface area (Å²) in [5.41, 5.74) is -0.0938. The van der Waals surface area contributed by atoms with Crippen molar-refractivity contribution in [2.75, 3.05) is 11.1 Å². The molecule has 2 rings (SSSR count). The fraction of sp³-hybridized carbons (Fsp3) is 0.0833. The van der Waals surface area contributed by atoms with Gasteiger partial charge in [-0.15, -0.1) is 23.1 Å². The van der Waals surface area contributed by atoms with Crippen molar-refractivity contribution in [3.8, 4) is 0 Å². The van der Waals surface area contributed by atoms with Crippen molar-refractivity contribution in [2.45, 2.75) is 4.21 Å². The first kappa shape index (κ1) is 13.6. The van der Waals surface area contributed by atoms with Gasteiger partial charge in [-0.1, -0.05) is 12.1 Å². The third-order valence-corrected chi connectivity index (χ3v) is 4.21. The maximum Gasteiger partial charge on any atom is 0.354 e. The Morgan fingerprint density at radius 2 is 2.16 bits per heavy atom. The van der Waals surface area contributed by atoms with Gasteiger partial charge in [0.25, 0.3) is 0 Å². The zero-order valence-electron chi connectivity index (χ0n) is 9.70. The Bertz CT molecular complexity index is 584. The summed E-state index contributed by atoms with van der Waals surface area (Å²) in [6.07, 6.45) is 0. The van der Waals surface area contributed by atoms with Gasteiger partial charge in [-0.3, -0.25) is 4.79 Å². The van der Waals surface area contributed by atoms with Crippen LogP contribution in [0.1, 0.15) is 10.5 Å². The molecule has 7 heteroatoms. The summed E-state index contributed by atoms with van der Waals surface area (Å²) in [5, 5.41) is 13.3. The molecule has 0 aliphatic rings. The molecule has 2 N–H and O–H groups in total. The van der Waals surface area contributed by atoms with E-state index in [0.29, 0.717) is 0 Å². The van der Waals surface area contributed by atoms with Gasteiger partial charge in [0.05, 0.1) is 9.96 Å². The zero-order chi connectivity index (χ0) is 13.7. The summed E-state index contributed by atoms with van der Waals surface area (Å²) in [4.78, 5) is 26.2. The lowest BCUT2D eigenvalue weighted by Gasteiger charge is -2.04. The molecule has 0 aliphatic carbocycles. The first-order valence-corrected chi connectivity index (χ1v) is 7.18. The minimum Gasteiger partial charge on any atom is -0.477 e. The van der Waals surface area contributed by atoms with Gasteiger partial charge < -0.3 is 10.4 Å². The van der Waals surface area contributed by atoms with Crippen molar-refractivity contribution in [1.29, 1.82) is 0 Å². The molecule has 0 saturated carbocycles. The van der Waals surface area contributed by atoms with Crippen molar-refractivity contribution < 1.29 is 14.7 Å². The highest BCUT2D eigenvalue weighted by molar-refractivity contribution is 8.01. The number of carboxylic acids is 1. The smallest absolute Gasteiger partial charge is 0.354 e. The number of carboxylic acid groups (broad SMARTS) is 1. The van der Waals surface area contributed by atoms with Gasteiger partial charge in [0.15, 0.2) is 5.69 Å². The van der Waals surface area contributed by atoms with E-state index in [1.807, 2.05) is 17.5 Å². The lowest BCUT2D eigenvalue weighted by atomic mass is 10.3. The van der Waals surface area contributed by atoms with Crippen LogP contribution >= 0.6 is 23.1 Å². The first-order chi connectivity index (χ1) is 9.15. The molecule has 19 heavy (non-hydrogen) atoms. The number of carbonyl (C=O) groups excluding carboxylic acids is 1. The third-order valence-electron chi connectivity index (χ3n) is 2.08. The second kappa shape index (κ2) is 6.35. The molecule has 0 fully saturated rings. The van der Waals surface area contributed by atoms with Crippen molar-refractivity contribution in [1.82, 2.24) is 4.98 Å². The predicted molar refractivity (Wildman–Crippen MR) is 74.9 cm³/mol. The second-order valence-electron chi connectivity index (χ2n) is 3.48. The Hall–Kier alpha value is -1.86. The number of nitrogens with zero attached hydrogens (tertiary/aromatic N) is 1. The van der Waals surface area contributed by atoms with Crippen molar-refractivity contribution in [3.63, 3.8) is 0 Å². The van der Waals surface area contributed by atoms with E-state index >= 15 is 0 Å². The quantitative estimate of drug-likeness (QED) is 0.829. The number of thioether (sulfide) groups is 1. The Labute approximate surface area is 117 Å². The maximum atomic E-state index is 11.7. The minimum atomic E-state index is -1.12. The van der Waals surface area contributed by atoms with Crippen LogP contribution in [-0.2, 0) is 4.79 Å². The van der Waals surface area contributed by atoms with E-state index in [2.05, 4.69) is 10.3 Å². The fourth-order valence-electron chi connectivity index (χ4n) is 1.28. The van der Waals surface area contributed by atoms with Crippen LogP contribution in [0.4, 0.5) is 5.82 Å². The second-order valence-corrected chi connectivity index (χ2v) is 5.71. The van der Waals surface area contributed by atoms with Crippen molar-refractivity contribution >= 4 is 40.8 Å². The number of amides is 1. The van der Waals surface area contributed by atoms with Gasteiger partial charge in [-0.05, 0) is 23.6 Å². The number of rotatable bonds is 5. The lowest BCUT2D eigenvalue weighted by Crippen LogP contribution is -2.15. The average Bonchev–Trinajstić information content (AvgIpc) is 2.90. The molecule has 0 aromatic carbocycles. The van der Waals surface area contributed by atoms with E-state index in [1.165, 1.54) is 17.8 Å². The van der Waals surface area contributed by atoms with Crippen LogP contribution in [-0.4, -0.2) is 27.7 Å². The maximum absolute atomic E-state index is 11.7.